The summed E-state index contributed by atoms with van der Waals surface area (Å²) in [5, 5.41) is 3.28. The summed E-state index contributed by atoms with van der Waals surface area (Å²) >= 11 is 1.87. The van der Waals surface area contributed by atoms with E-state index in [0.29, 0.717) is 6.61 Å². The first-order chi connectivity index (χ1) is 10.2. The van der Waals surface area contributed by atoms with E-state index in [0.717, 1.165) is 30.9 Å². The molecule has 0 heterocycles. The number of ether oxygens (including phenoxy) is 1. The number of benzene rings is 1. The van der Waals surface area contributed by atoms with Gasteiger partial charge < -0.3 is 10.1 Å². The summed E-state index contributed by atoms with van der Waals surface area (Å²) in [6, 6.07) is 8.28. The van der Waals surface area contributed by atoms with Crippen molar-refractivity contribution in [1.82, 2.24) is 5.32 Å². The predicted molar refractivity (Wildman–Crippen MR) is 90.7 cm³/mol. The summed E-state index contributed by atoms with van der Waals surface area (Å²) in [5.41, 5.74) is 2.70. The highest BCUT2D eigenvalue weighted by Gasteiger charge is 2.18. The molecule has 4 heteroatoms. The number of hydrogen-bond acceptors (Lipinski definition) is 4. The number of esters is 1. The van der Waals surface area contributed by atoms with Crippen molar-refractivity contribution >= 4 is 17.7 Å². The van der Waals surface area contributed by atoms with E-state index in [1.165, 1.54) is 11.1 Å². The van der Waals surface area contributed by atoms with Gasteiger partial charge in [-0.1, -0.05) is 31.2 Å². The van der Waals surface area contributed by atoms with Crippen molar-refractivity contribution in [2.24, 2.45) is 0 Å². The van der Waals surface area contributed by atoms with Gasteiger partial charge in [0.25, 0.3) is 0 Å². The Kier molecular flexibility index (Phi) is 9.19. The summed E-state index contributed by atoms with van der Waals surface area (Å²) in [6.45, 7) is 7.38. The smallest absolute Gasteiger partial charge is 0.323 e. The molecule has 0 fully saturated rings. The van der Waals surface area contributed by atoms with E-state index >= 15 is 0 Å². The molecule has 0 bridgehead atoms. The number of carbonyl (C=O) groups excluding carboxylic acids is 1. The molecule has 0 aromatic heterocycles. The van der Waals surface area contributed by atoms with Crippen LogP contribution in [0.4, 0.5) is 0 Å². The first kappa shape index (κ1) is 18.1. The minimum Gasteiger partial charge on any atom is -0.465 e. The van der Waals surface area contributed by atoms with Gasteiger partial charge in [-0.2, -0.15) is 11.8 Å². The normalized spacial score (nSPS) is 12.1. The highest BCUT2D eigenvalue weighted by molar-refractivity contribution is 7.98. The Morgan fingerprint density at radius 2 is 2.10 bits per heavy atom. The van der Waals surface area contributed by atoms with Gasteiger partial charge in [-0.15, -0.1) is 0 Å². The summed E-state index contributed by atoms with van der Waals surface area (Å²) < 4.78 is 5.12. The topological polar surface area (TPSA) is 38.3 Å². The van der Waals surface area contributed by atoms with Crippen molar-refractivity contribution in [3.63, 3.8) is 0 Å². The molecule has 1 unspecified atom stereocenters. The van der Waals surface area contributed by atoms with Crippen molar-refractivity contribution in [1.29, 1.82) is 0 Å². The van der Waals surface area contributed by atoms with Crippen LogP contribution in [0.1, 0.15) is 37.8 Å². The van der Waals surface area contributed by atoms with Crippen molar-refractivity contribution in [3.8, 4) is 0 Å². The Bertz CT molecular complexity index is 423. The third kappa shape index (κ3) is 7.00. The number of nitrogens with one attached hydrogen (secondary N) is 1. The van der Waals surface area contributed by atoms with E-state index < -0.39 is 0 Å². The molecule has 0 aliphatic carbocycles. The van der Waals surface area contributed by atoms with Gasteiger partial charge in [0.15, 0.2) is 0 Å². The number of carbonyl (C=O) groups is 1. The fourth-order valence-electron chi connectivity index (χ4n) is 2.02. The van der Waals surface area contributed by atoms with Crippen LogP contribution < -0.4 is 5.32 Å². The molecule has 1 aromatic rings. The first-order valence-corrected chi connectivity index (χ1v) is 8.86. The standard InChI is InChI=1S/C17H27NO2S/c1-4-11-18-16(17(19)20-5-2)10-12-21-13-15-9-7-6-8-14(15)3/h6-9,16,18H,4-5,10-13H2,1-3H3. The molecule has 118 valence electrons. The fourth-order valence-corrected chi connectivity index (χ4v) is 3.11. The largest absolute Gasteiger partial charge is 0.465 e. The molecule has 3 nitrogen and oxygen atoms in total. The Morgan fingerprint density at radius 3 is 2.76 bits per heavy atom. The third-order valence-electron chi connectivity index (χ3n) is 3.28. The SMILES string of the molecule is CCCNC(CCSCc1ccccc1C)C(=O)OCC. The summed E-state index contributed by atoms with van der Waals surface area (Å²) in [7, 11) is 0. The zero-order valence-corrected chi connectivity index (χ0v) is 14.2. The van der Waals surface area contributed by atoms with E-state index in [-0.39, 0.29) is 12.0 Å². The van der Waals surface area contributed by atoms with E-state index in [1.807, 2.05) is 18.7 Å². The van der Waals surface area contributed by atoms with Gasteiger partial charge in [-0.3, -0.25) is 4.79 Å². The lowest BCUT2D eigenvalue weighted by molar-refractivity contribution is -0.145. The van der Waals surface area contributed by atoms with E-state index in [1.54, 1.807) is 0 Å². The zero-order valence-electron chi connectivity index (χ0n) is 13.4. The zero-order chi connectivity index (χ0) is 15.5. The van der Waals surface area contributed by atoms with Crippen LogP contribution in [0.2, 0.25) is 0 Å². The molecule has 1 atom stereocenters. The Balaban J connectivity index is 2.35. The van der Waals surface area contributed by atoms with E-state index in [2.05, 4.69) is 43.4 Å². The van der Waals surface area contributed by atoms with Crippen LogP contribution in [0, 0.1) is 6.92 Å². The minimum absolute atomic E-state index is 0.123. The molecule has 0 radical (unpaired) electrons. The molecule has 1 rings (SSSR count). The van der Waals surface area contributed by atoms with Crippen molar-refractivity contribution in [2.75, 3.05) is 18.9 Å². The maximum absolute atomic E-state index is 11.9. The maximum Gasteiger partial charge on any atom is 0.323 e. The number of aryl methyl sites for hydroxylation is 1. The minimum atomic E-state index is -0.172. The molecule has 0 aliphatic heterocycles. The maximum atomic E-state index is 11.9. The van der Waals surface area contributed by atoms with Gasteiger partial charge in [0.05, 0.1) is 6.61 Å². The molecule has 0 spiro atoms. The second kappa shape index (κ2) is 10.7. The summed E-state index contributed by atoms with van der Waals surface area (Å²) in [4.78, 5) is 11.9. The molecular weight excluding hydrogens is 282 g/mol. The number of rotatable bonds is 10. The quantitative estimate of drug-likeness (QED) is 0.530. The van der Waals surface area contributed by atoms with Gasteiger partial charge in [0.1, 0.15) is 6.04 Å². The van der Waals surface area contributed by atoms with Crippen LogP contribution in [0.15, 0.2) is 24.3 Å². The van der Waals surface area contributed by atoms with Crippen molar-refractivity contribution < 1.29 is 9.53 Å². The van der Waals surface area contributed by atoms with Crippen molar-refractivity contribution in [3.05, 3.63) is 35.4 Å². The number of hydrogen-bond donors (Lipinski definition) is 1. The van der Waals surface area contributed by atoms with Crippen LogP contribution >= 0.6 is 11.8 Å². The van der Waals surface area contributed by atoms with Crippen LogP contribution in [0.5, 0.6) is 0 Å². The van der Waals surface area contributed by atoms with Gasteiger partial charge in [-0.05, 0) is 50.1 Å². The third-order valence-corrected chi connectivity index (χ3v) is 4.32. The second-order valence-electron chi connectivity index (χ2n) is 5.03. The molecule has 21 heavy (non-hydrogen) atoms. The monoisotopic (exact) mass is 309 g/mol. The molecule has 0 saturated carbocycles. The molecule has 1 aromatic carbocycles. The van der Waals surface area contributed by atoms with Gasteiger partial charge in [-0.25, -0.2) is 0 Å². The lowest BCUT2D eigenvalue weighted by Crippen LogP contribution is -2.39. The number of thioether (sulfide) groups is 1. The van der Waals surface area contributed by atoms with Crippen LogP contribution in [-0.2, 0) is 15.3 Å². The van der Waals surface area contributed by atoms with Gasteiger partial charge >= 0.3 is 5.97 Å². The Hall–Kier alpha value is -1.00. The highest BCUT2D eigenvalue weighted by Crippen LogP contribution is 2.17. The van der Waals surface area contributed by atoms with Gasteiger partial charge in [0.2, 0.25) is 0 Å². The average molecular weight is 309 g/mol. The molecule has 0 saturated heterocycles. The average Bonchev–Trinajstić information content (AvgIpc) is 2.48. The van der Waals surface area contributed by atoms with Crippen LogP contribution in [0.25, 0.3) is 0 Å². The van der Waals surface area contributed by atoms with E-state index in [4.69, 9.17) is 4.74 Å². The van der Waals surface area contributed by atoms with Crippen LogP contribution in [-0.4, -0.2) is 30.9 Å². The van der Waals surface area contributed by atoms with Crippen molar-refractivity contribution in [2.45, 2.75) is 45.4 Å². The highest BCUT2D eigenvalue weighted by atomic mass is 32.2. The first-order valence-electron chi connectivity index (χ1n) is 7.71. The summed E-state index contributed by atoms with van der Waals surface area (Å²) in [6.07, 6.45) is 1.83. The van der Waals surface area contributed by atoms with E-state index in [9.17, 15) is 4.79 Å². The molecular formula is C17H27NO2S. The predicted octanol–water partition coefficient (Wildman–Crippen LogP) is 3.55. The fraction of sp³-hybridized carbons (Fsp3) is 0.588. The van der Waals surface area contributed by atoms with Crippen LogP contribution in [0.3, 0.4) is 0 Å². The molecule has 0 amide bonds. The Labute approximate surface area is 132 Å². The summed E-state index contributed by atoms with van der Waals surface area (Å²) in [5.74, 6) is 1.83. The second-order valence-corrected chi connectivity index (χ2v) is 6.13. The lowest BCUT2D eigenvalue weighted by Gasteiger charge is -2.16. The molecule has 0 aliphatic rings. The van der Waals surface area contributed by atoms with Gasteiger partial charge in [0, 0.05) is 5.75 Å². The molecule has 1 N–H and O–H groups in total. The lowest BCUT2D eigenvalue weighted by atomic mass is 10.1. The Morgan fingerprint density at radius 1 is 1.33 bits per heavy atom.